The van der Waals surface area contributed by atoms with Gasteiger partial charge in [0.2, 0.25) is 0 Å². The number of thiophene rings is 1. The molecule has 0 aromatic carbocycles. The third kappa shape index (κ3) is 3.15. The lowest BCUT2D eigenvalue weighted by Gasteiger charge is -1.95. The number of aryl methyl sites for hydroxylation is 1. The van der Waals surface area contributed by atoms with E-state index in [1.54, 1.807) is 0 Å². The summed E-state index contributed by atoms with van der Waals surface area (Å²) >= 11 is 1.52. The van der Waals surface area contributed by atoms with Crippen LogP contribution in [0, 0.1) is 0 Å². The number of aldehydes is 1. The highest BCUT2D eigenvalue weighted by Crippen LogP contribution is 2.16. The molecule has 0 bridgehead atoms. The van der Waals surface area contributed by atoms with Gasteiger partial charge < -0.3 is 0 Å². The highest BCUT2D eigenvalue weighted by atomic mass is 32.1. The van der Waals surface area contributed by atoms with Crippen molar-refractivity contribution in [3.8, 4) is 0 Å². The Bertz CT molecular complexity index is 306. The van der Waals surface area contributed by atoms with Crippen LogP contribution in [0.15, 0.2) is 23.1 Å². The first kappa shape index (κ1) is 10.2. The maximum Gasteiger partial charge on any atom is 0.160 e. The van der Waals surface area contributed by atoms with Crippen molar-refractivity contribution < 1.29 is 4.79 Å². The molecule has 1 nitrogen and oxygen atoms in total. The summed E-state index contributed by atoms with van der Waals surface area (Å²) in [5, 5.41) is 1.97. The van der Waals surface area contributed by atoms with Crippen LogP contribution in [0.3, 0.4) is 0 Å². The maximum absolute atomic E-state index is 10.6. The van der Waals surface area contributed by atoms with Gasteiger partial charge in [0.1, 0.15) is 0 Å². The van der Waals surface area contributed by atoms with E-state index < -0.39 is 0 Å². The second kappa shape index (κ2) is 4.97. The molecule has 1 rings (SSSR count). The Kier molecular flexibility index (Phi) is 3.90. The third-order valence-electron chi connectivity index (χ3n) is 1.85. The molecule has 0 radical (unpaired) electrons. The zero-order valence-corrected chi connectivity index (χ0v) is 8.86. The minimum Gasteiger partial charge on any atom is -0.297 e. The van der Waals surface area contributed by atoms with E-state index in [1.165, 1.54) is 22.5 Å². The molecule has 0 fully saturated rings. The van der Waals surface area contributed by atoms with Crippen LogP contribution in [0.2, 0.25) is 0 Å². The van der Waals surface area contributed by atoms with Gasteiger partial charge in [0, 0.05) is 0 Å². The van der Waals surface area contributed by atoms with Gasteiger partial charge in [-0.2, -0.15) is 0 Å². The summed E-state index contributed by atoms with van der Waals surface area (Å²) < 4.78 is 0. The minimum absolute atomic E-state index is 0.877. The largest absolute Gasteiger partial charge is 0.297 e. The van der Waals surface area contributed by atoms with E-state index >= 15 is 0 Å². The van der Waals surface area contributed by atoms with E-state index in [1.807, 2.05) is 11.4 Å². The summed E-state index contributed by atoms with van der Waals surface area (Å²) in [6.45, 7) is 4.18. The first-order valence-electron chi connectivity index (χ1n) is 4.39. The number of carbonyl (C=O) groups is 1. The predicted molar refractivity (Wildman–Crippen MR) is 57.5 cm³/mol. The molecule has 0 aliphatic carbocycles. The molecule has 0 unspecified atom stereocenters. The van der Waals surface area contributed by atoms with E-state index in [0.29, 0.717) is 0 Å². The fourth-order valence-electron chi connectivity index (χ4n) is 1.17. The molecule has 2 heteroatoms. The van der Waals surface area contributed by atoms with E-state index in [9.17, 15) is 4.79 Å². The number of hydrogen-bond acceptors (Lipinski definition) is 2. The first-order valence-corrected chi connectivity index (χ1v) is 5.27. The zero-order valence-electron chi connectivity index (χ0n) is 8.04. The molecule has 1 heterocycles. The second-order valence-electron chi connectivity index (χ2n) is 3.25. The first-order chi connectivity index (χ1) is 6.24. The Morgan fingerprint density at radius 1 is 1.54 bits per heavy atom. The zero-order chi connectivity index (χ0) is 9.68. The molecule has 0 saturated heterocycles. The lowest BCUT2D eigenvalue weighted by atomic mass is 10.1. The number of rotatable bonds is 4. The van der Waals surface area contributed by atoms with Crippen molar-refractivity contribution in [2.45, 2.75) is 26.7 Å². The second-order valence-corrected chi connectivity index (χ2v) is 4.20. The molecule has 0 saturated carbocycles. The van der Waals surface area contributed by atoms with Gasteiger partial charge in [-0.25, -0.2) is 0 Å². The van der Waals surface area contributed by atoms with E-state index in [0.717, 1.165) is 24.0 Å². The topological polar surface area (TPSA) is 17.1 Å². The molecule has 0 aliphatic heterocycles. The lowest BCUT2D eigenvalue weighted by molar-refractivity contribution is 0.112. The molecule has 13 heavy (non-hydrogen) atoms. The van der Waals surface area contributed by atoms with Gasteiger partial charge in [0.05, 0.1) is 4.88 Å². The van der Waals surface area contributed by atoms with Gasteiger partial charge in [-0.1, -0.05) is 11.6 Å². The molecular weight excluding hydrogens is 180 g/mol. The average Bonchev–Trinajstić information content (AvgIpc) is 2.51. The summed E-state index contributed by atoms with van der Waals surface area (Å²) in [5.74, 6) is 0. The summed E-state index contributed by atoms with van der Waals surface area (Å²) in [5.41, 5.74) is 2.51. The highest BCUT2D eigenvalue weighted by molar-refractivity contribution is 7.11. The van der Waals surface area contributed by atoms with Crippen molar-refractivity contribution in [2.75, 3.05) is 0 Å². The number of allylic oxidation sites excluding steroid dienone is 2. The maximum atomic E-state index is 10.6. The van der Waals surface area contributed by atoms with Crippen LogP contribution in [-0.4, -0.2) is 6.29 Å². The monoisotopic (exact) mass is 194 g/mol. The standard InChI is InChI=1S/C11H14OS/c1-9(2)4-3-5-10-6-7-13-11(10)8-12/h4,6-8H,3,5H2,1-2H3. The van der Waals surface area contributed by atoms with Gasteiger partial charge in [-0.15, -0.1) is 11.3 Å². The van der Waals surface area contributed by atoms with Crippen LogP contribution in [-0.2, 0) is 6.42 Å². The van der Waals surface area contributed by atoms with Gasteiger partial charge in [-0.05, 0) is 43.7 Å². The number of hydrogen-bond donors (Lipinski definition) is 0. The normalized spacial score (nSPS) is 9.69. The molecule has 70 valence electrons. The Labute approximate surface area is 83.1 Å². The Balaban J connectivity index is 2.54. The van der Waals surface area contributed by atoms with Crippen molar-refractivity contribution in [3.63, 3.8) is 0 Å². The van der Waals surface area contributed by atoms with Crippen LogP contribution >= 0.6 is 11.3 Å². The van der Waals surface area contributed by atoms with Crippen molar-refractivity contribution in [1.29, 1.82) is 0 Å². The summed E-state index contributed by atoms with van der Waals surface area (Å²) in [6, 6.07) is 2.03. The van der Waals surface area contributed by atoms with Crippen LogP contribution in [0.1, 0.15) is 35.5 Å². The molecule has 0 aliphatic rings. The van der Waals surface area contributed by atoms with Crippen LogP contribution in [0.25, 0.3) is 0 Å². The van der Waals surface area contributed by atoms with Crippen LogP contribution < -0.4 is 0 Å². The van der Waals surface area contributed by atoms with E-state index in [-0.39, 0.29) is 0 Å². The van der Waals surface area contributed by atoms with Crippen LogP contribution in [0.5, 0.6) is 0 Å². The average molecular weight is 194 g/mol. The fraction of sp³-hybridized carbons (Fsp3) is 0.364. The summed E-state index contributed by atoms with van der Waals surface area (Å²) in [7, 11) is 0. The number of carbonyl (C=O) groups excluding carboxylic acids is 1. The Hall–Kier alpha value is -0.890. The molecule has 1 aromatic rings. The third-order valence-corrected chi connectivity index (χ3v) is 2.74. The Morgan fingerprint density at radius 3 is 2.92 bits per heavy atom. The van der Waals surface area contributed by atoms with Crippen molar-refractivity contribution in [1.82, 2.24) is 0 Å². The van der Waals surface area contributed by atoms with E-state index in [4.69, 9.17) is 0 Å². The predicted octanol–water partition coefficient (Wildman–Crippen LogP) is 3.46. The fourth-order valence-corrected chi connectivity index (χ4v) is 1.93. The molecule has 0 spiro atoms. The van der Waals surface area contributed by atoms with Crippen molar-refractivity contribution in [3.05, 3.63) is 33.5 Å². The minimum atomic E-state index is 0.877. The van der Waals surface area contributed by atoms with Gasteiger partial charge in [-0.3, -0.25) is 4.79 Å². The molecule has 0 N–H and O–H groups in total. The molecule has 1 aromatic heterocycles. The molecule has 0 amide bonds. The molecule has 0 atom stereocenters. The van der Waals surface area contributed by atoms with Gasteiger partial charge >= 0.3 is 0 Å². The van der Waals surface area contributed by atoms with E-state index in [2.05, 4.69) is 19.9 Å². The van der Waals surface area contributed by atoms with Crippen LogP contribution in [0.4, 0.5) is 0 Å². The quantitative estimate of drug-likeness (QED) is 0.530. The summed E-state index contributed by atoms with van der Waals surface area (Å²) in [4.78, 5) is 11.5. The highest BCUT2D eigenvalue weighted by Gasteiger charge is 2.00. The smallest absolute Gasteiger partial charge is 0.160 e. The van der Waals surface area contributed by atoms with Crippen molar-refractivity contribution >= 4 is 17.6 Å². The van der Waals surface area contributed by atoms with Gasteiger partial charge in [0.25, 0.3) is 0 Å². The SMILES string of the molecule is CC(C)=CCCc1ccsc1C=O. The Morgan fingerprint density at radius 2 is 2.31 bits per heavy atom. The van der Waals surface area contributed by atoms with Crippen molar-refractivity contribution in [2.24, 2.45) is 0 Å². The summed E-state index contributed by atoms with van der Waals surface area (Å²) in [6.07, 6.45) is 5.15. The lowest BCUT2D eigenvalue weighted by Crippen LogP contribution is -1.85. The van der Waals surface area contributed by atoms with Gasteiger partial charge in [0.15, 0.2) is 6.29 Å². The molecular formula is C11H14OS.